The van der Waals surface area contributed by atoms with E-state index in [2.05, 4.69) is 10.1 Å². The molecule has 0 fully saturated rings. The molecule has 0 aliphatic rings. The summed E-state index contributed by atoms with van der Waals surface area (Å²) in [7, 11) is 2.58. The molecule has 1 amide bonds. The smallest absolute Gasteiger partial charge is 0.332 e. The average molecular weight is 343 g/mol. The lowest BCUT2D eigenvalue weighted by Crippen LogP contribution is -2.33. The molecule has 0 spiro atoms. The zero-order chi connectivity index (χ0) is 17.7. The summed E-state index contributed by atoms with van der Waals surface area (Å²) in [6.07, 6.45) is 1.04. The van der Waals surface area contributed by atoms with Gasteiger partial charge in [0.05, 0.1) is 12.8 Å². The summed E-state index contributed by atoms with van der Waals surface area (Å²) in [6.45, 7) is 0. The molecule has 2 rings (SSSR count). The number of amides is 1. The van der Waals surface area contributed by atoms with E-state index >= 15 is 0 Å². The Morgan fingerprint density at radius 1 is 1.33 bits per heavy atom. The molecule has 24 heavy (non-hydrogen) atoms. The number of nitrogens with one attached hydrogen (secondary N) is 1. The van der Waals surface area contributed by atoms with E-state index in [0.29, 0.717) is 5.69 Å². The zero-order valence-corrected chi connectivity index (χ0v) is 13.7. The predicted octanol–water partition coefficient (Wildman–Crippen LogP) is -0.727. The van der Waals surface area contributed by atoms with Gasteiger partial charge in [-0.3, -0.25) is 14.2 Å². The van der Waals surface area contributed by atoms with Gasteiger partial charge in [-0.2, -0.15) is 5.26 Å². The van der Waals surface area contributed by atoms with E-state index in [4.69, 9.17) is 0 Å². The molecule has 0 saturated heterocycles. The number of rotatable bonds is 3. The van der Waals surface area contributed by atoms with Crippen LogP contribution in [0.1, 0.15) is 0 Å². The quantitative estimate of drug-likeness (QED) is 0.741. The maximum Gasteiger partial charge on any atom is 0.332 e. The van der Waals surface area contributed by atoms with E-state index in [1.165, 1.54) is 18.7 Å². The summed E-state index contributed by atoms with van der Waals surface area (Å²) in [6, 6.07) is 10.4. The highest BCUT2D eigenvalue weighted by Gasteiger charge is 2.16. The molecule has 7 nitrogen and oxygen atoms in total. The Kier molecular flexibility index (Phi) is 5.29. The van der Waals surface area contributed by atoms with Crippen molar-refractivity contribution in [3.8, 4) is 11.8 Å². The van der Waals surface area contributed by atoms with Gasteiger partial charge >= 0.3 is 5.97 Å². The fourth-order valence-corrected chi connectivity index (χ4v) is 3.01. The second-order valence-electron chi connectivity index (χ2n) is 4.48. The molecular formula is C16H13N3O4S. The van der Waals surface area contributed by atoms with E-state index in [0.717, 1.165) is 17.4 Å². The minimum absolute atomic E-state index is 0.0670. The van der Waals surface area contributed by atoms with Crippen LogP contribution in [-0.2, 0) is 14.3 Å². The standard InChI is InChI=1S/C16H13N3O4S/c1-18-14(21)11(9-17)16-19(10-6-4-3-5-7-10)15(22)12(24-16)8-13(20)23-2/h3-8H,1-2H3,(H,18,21)/b12-8-,16-11-. The highest BCUT2D eigenvalue weighted by Crippen LogP contribution is 2.03. The van der Waals surface area contributed by atoms with Crippen molar-refractivity contribution in [3.63, 3.8) is 0 Å². The van der Waals surface area contributed by atoms with Crippen LogP contribution in [0, 0.1) is 11.3 Å². The van der Waals surface area contributed by atoms with E-state index in [1.54, 1.807) is 30.3 Å². The van der Waals surface area contributed by atoms with Gasteiger partial charge < -0.3 is 10.1 Å². The molecule has 0 bridgehead atoms. The van der Waals surface area contributed by atoms with Crippen molar-refractivity contribution in [1.29, 1.82) is 5.26 Å². The third-order valence-electron chi connectivity index (χ3n) is 3.07. The van der Waals surface area contributed by atoms with Gasteiger partial charge in [0.1, 0.15) is 15.3 Å². The maximum atomic E-state index is 12.7. The topological polar surface area (TPSA) is 101 Å². The molecule has 1 aromatic heterocycles. The maximum absolute atomic E-state index is 12.7. The summed E-state index contributed by atoms with van der Waals surface area (Å²) in [5.41, 5.74) is -0.244. The number of thiazole rings is 1. The Hall–Kier alpha value is -3.18. The number of aromatic nitrogens is 1. The lowest BCUT2D eigenvalue weighted by Gasteiger charge is -2.02. The second kappa shape index (κ2) is 7.39. The van der Waals surface area contributed by atoms with Crippen molar-refractivity contribution in [2.75, 3.05) is 14.2 Å². The summed E-state index contributed by atoms with van der Waals surface area (Å²) < 4.78 is 5.97. The normalized spacial score (nSPS) is 12.3. The number of hydrogen-bond acceptors (Lipinski definition) is 6. The fourth-order valence-electron chi connectivity index (χ4n) is 1.95. The number of carbonyl (C=O) groups excluding carboxylic acids is 2. The van der Waals surface area contributed by atoms with Gasteiger partial charge in [0, 0.05) is 13.1 Å². The van der Waals surface area contributed by atoms with Gasteiger partial charge in [-0.1, -0.05) is 18.2 Å². The SMILES string of the molecule is CNC(=O)/C(C#N)=c1\s/c(=C\C(=O)OC)c(=O)n1-c1ccccc1. The first-order valence-electron chi connectivity index (χ1n) is 6.77. The summed E-state index contributed by atoms with van der Waals surface area (Å²) in [5, 5.41) is 11.7. The van der Waals surface area contributed by atoms with Gasteiger partial charge in [0.25, 0.3) is 11.5 Å². The molecule has 2 aromatic rings. The number of benzene rings is 1. The Bertz CT molecular complexity index is 997. The number of nitriles is 1. The molecule has 1 aromatic carbocycles. The highest BCUT2D eigenvalue weighted by atomic mass is 32.1. The summed E-state index contributed by atoms with van der Waals surface area (Å²) >= 11 is 0.875. The van der Waals surface area contributed by atoms with Crippen LogP contribution in [0.15, 0.2) is 35.1 Å². The number of carbonyl (C=O) groups is 2. The third-order valence-corrected chi connectivity index (χ3v) is 4.16. The van der Waals surface area contributed by atoms with Gasteiger partial charge in [-0.05, 0) is 12.1 Å². The fraction of sp³-hybridized carbons (Fsp3) is 0.125. The average Bonchev–Trinajstić information content (AvgIpc) is 2.92. The summed E-state index contributed by atoms with van der Waals surface area (Å²) in [5.74, 6) is -1.31. The van der Waals surface area contributed by atoms with Gasteiger partial charge in [0.2, 0.25) is 0 Å². The van der Waals surface area contributed by atoms with Gasteiger partial charge in [-0.25, -0.2) is 4.79 Å². The zero-order valence-electron chi connectivity index (χ0n) is 12.9. The molecule has 1 N–H and O–H groups in total. The molecule has 0 radical (unpaired) electrons. The number of hydrogen-bond donors (Lipinski definition) is 1. The Balaban J connectivity index is 2.98. The highest BCUT2D eigenvalue weighted by molar-refractivity contribution is 7.07. The van der Waals surface area contributed by atoms with Crippen molar-refractivity contribution in [3.05, 3.63) is 49.9 Å². The lowest BCUT2D eigenvalue weighted by atomic mass is 10.3. The molecule has 0 aliphatic carbocycles. The molecule has 1 heterocycles. The van der Waals surface area contributed by atoms with Crippen LogP contribution in [-0.4, -0.2) is 30.6 Å². The van der Waals surface area contributed by atoms with Crippen molar-refractivity contribution >= 4 is 34.9 Å². The van der Waals surface area contributed by atoms with Gasteiger partial charge in [-0.15, -0.1) is 11.3 Å². The number of para-hydroxylation sites is 1. The van der Waals surface area contributed by atoms with E-state index < -0.39 is 17.4 Å². The first-order chi connectivity index (χ1) is 11.5. The molecule has 0 atom stereocenters. The number of ether oxygens (including phenoxy) is 1. The van der Waals surface area contributed by atoms with Crippen molar-refractivity contribution in [2.24, 2.45) is 0 Å². The van der Waals surface area contributed by atoms with Crippen LogP contribution in [0.4, 0.5) is 0 Å². The number of methoxy groups -OCH3 is 1. The monoisotopic (exact) mass is 343 g/mol. The van der Waals surface area contributed by atoms with Crippen molar-refractivity contribution in [1.82, 2.24) is 9.88 Å². The molecule has 0 unspecified atom stereocenters. The van der Waals surface area contributed by atoms with Crippen molar-refractivity contribution < 1.29 is 14.3 Å². The largest absolute Gasteiger partial charge is 0.466 e. The van der Waals surface area contributed by atoms with Crippen LogP contribution < -0.4 is 20.1 Å². The predicted molar refractivity (Wildman–Crippen MR) is 88.7 cm³/mol. The van der Waals surface area contributed by atoms with Gasteiger partial charge in [0.15, 0.2) is 5.57 Å². The van der Waals surface area contributed by atoms with Crippen LogP contribution >= 0.6 is 11.3 Å². The van der Waals surface area contributed by atoms with Crippen LogP contribution in [0.3, 0.4) is 0 Å². The van der Waals surface area contributed by atoms with Crippen LogP contribution in [0.2, 0.25) is 0 Å². The van der Waals surface area contributed by atoms with E-state index in [1.807, 2.05) is 6.07 Å². The van der Waals surface area contributed by atoms with E-state index in [-0.39, 0.29) is 14.8 Å². The lowest BCUT2D eigenvalue weighted by molar-refractivity contribution is -0.133. The molecule has 122 valence electrons. The molecule has 0 aliphatic heterocycles. The van der Waals surface area contributed by atoms with Crippen molar-refractivity contribution in [2.45, 2.75) is 0 Å². The van der Waals surface area contributed by atoms with E-state index in [9.17, 15) is 19.6 Å². The Morgan fingerprint density at radius 3 is 2.54 bits per heavy atom. The Labute approximate surface area is 140 Å². The number of nitrogens with zero attached hydrogens (tertiary/aromatic N) is 2. The minimum atomic E-state index is -0.696. The summed E-state index contributed by atoms with van der Waals surface area (Å²) in [4.78, 5) is 36.0. The second-order valence-corrected chi connectivity index (χ2v) is 5.51. The number of esters is 1. The van der Waals surface area contributed by atoms with Crippen LogP contribution in [0.25, 0.3) is 17.3 Å². The van der Waals surface area contributed by atoms with Crippen LogP contribution in [0.5, 0.6) is 0 Å². The Morgan fingerprint density at radius 2 is 2.00 bits per heavy atom. The molecule has 8 heteroatoms. The molecule has 0 saturated carbocycles. The molecular weight excluding hydrogens is 330 g/mol. The first kappa shape index (κ1) is 17.2. The third kappa shape index (κ3) is 3.26. The minimum Gasteiger partial charge on any atom is -0.466 e. The first-order valence-corrected chi connectivity index (χ1v) is 7.58.